The highest BCUT2D eigenvalue weighted by Gasteiger charge is 2.11. The van der Waals surface area contributed by atoms with Crippen LogP contribution in [-0.2, 0) is 9.24 Å². The fourth-order valence-corrected chi connectivity index (χ4v) is 1.04. The van der Waals surface area contributed by atoms with E-state index in [1.54, 1.807) is 0 Å². The molecule has 0 saturated carbocycles. The van der Waals surface area contributed by atoms with Crippen molar-refractivity contribution in [1.82, 2.24) is 4.31 Å². The van der Waals surface area contributed by atoms with Gasteiger partial charge in [-0.1, -0.05) is 13.3 Å². The van der Waals surface area contributed by atoms with Gasteiger partial charge in [-0.15, -0.1) is 0 Å². The maximum atomic E-state index is 10.5. The van der Waals surface area contributed by atoms with Gasteiger partial charge in [0.1, 0.15) is 0 Å². The van der Waals surface area contributed by atoms with Gasteiger partial charge in [-0.3, -0.25) is 0 Å². The molecule has 0 aromatic heterocycles. The van der Waals surface area contributed by atoms with Crippen molar-refractivity contribution < 1.29 is 8.42 Å². The molecule has 0 saturated heterocycles. The molecule has 10 heavy (non-hydrogen) atoms. The van der Waals surface area contributed by atoms with Crippen LogP contribution in [0.15, 0.2) is 0 Å². The quantitative estimate of drug-likeness (QED) is 0.618. The zero-order chi connectivity index (χ0) is 8.20. The van der Waals surface area contributed by atoms with Crippen molar-refractivity contribution in [2.45, 2.75) is 19.8 Å². The molecule has 0 atom stereocenters. The van der Waals surface area contributed by atoms with E-state index >= 15 is 0 Å². The van der Waals surface area contributed by atoms with Crippen molar-refractivity contribution in [2.24, 2.45) is 0 Å². The highest BCUT2D eigenvalue weighted by Crippen LogP contribution is 2.03. The van der Waals surface area contributed by atoms with Crippen molar-refractivity contribution in [2.75, 3.05) is 13.6 Å². The molecule has 0 spiro atoms. The van der Waals surface area contributed by atoms with E-state index in [4.69, 9.17) is 10.7 Å². The third-order valence-electron chi connectivity index (χ3n) is 1.20. The van der Waals surface area contributed by atoms with Gasteiger partial charge in [-0.25, -0.2) is 0 Å². The Morgan fingerprint density at radius 3 is 2.30 bits per heavy atom. The number of rotatable bonds is 4. The van der Waals surface area contributed by atoms with Crippen molar-refractivity contribution in [3.63, 3.8) is 0 Å². The van der Waals surface area contributed by atoms with E-state index in [2.05, 4.69) is 0 Å². The van der Waals surface area contributed by atoms with E-state index in [1.165, 1.54) is 7.05 Å². The van der Waals surface area contributed by atoms with Gasteiger partial charge < -0.3 is 0 Å². The van der Waals surface area contributed by atoms with E-state index in [9.17, 15) is 8.42 Å². The van der Waals surface area contributed by atoms with Crippen LogP contribution >= 0.6 is 10.7 Å². The van der Waals surface area contributed by atoms with Crippen LogP contribution in [0.1, 0.15) is 19.8 Å². The van der Waals surface area contributed by atoms with Gasteiger partial charge in [0, 0.05) is 24.3 Å². The predicted molar refractivity (Wildman–Crippen MR) is 42.3 cm³/mol. The van der Waals surface area contributed by atoms with E-state index in [1.807, 2.05) is 6.92 Å². The molecule has 0 unspecified atom stereocenters. The first-order valence-corrected chi connectivity index (χ1v) is 5.41. The van der Waals surface area contributed by atoms with Gasteiger partial charge in [0.2, 0.25) is 0 Å². The zero-order valence-corrected chi connectivity index (χ0v) is 7.74. The molecule has 0 aromatic carbocycles. The van der Waals surface area contributed by atoms with Crippen LogP contribution in [0.3, 0.4) is 0 Å². The molecule has 0 aliphatic rings. The summed E-state index contributed by atoms with van der Waals surface area (Å²) in [5.74, 6) is 0. The Morgan fingerprint density at radius 2 is 2.00 bits per heavy atom. The fraction of sp³-hybridized carbons (Fsp3) is 1.00. The summed E-state index contributed by atoms with van der Waals surface area (Å²) in [5.41, 5.74) is 0. The molecule has 62 valence electrons. The topological polar surface area (TPSA) is 37.4 Å². The molecule has 0 aliphatic carbocycles. The maximum Gasteiger partial charge on any atom is 0.299 e. The standard InChI is InChI=1S/C5H12ClNO2S/c1-3-4-5-7(2)10(6,8)9/h3-5H2,1-2H3. The molecule has 0 rings (SSSR count). The molecule has 0 amide bonds. The average Bonchev–Trinajstić information content (AvgIpc) is 1.80. The van der Waals surface area contributed by atoms with Crippen molar-refractivity contribution in [3.05, 3.63) is 0 Å². The minimum Gasteiger partial charge on any atom is -0.195 e. The van der Waals surface area contributed by atoms with Crippen molar-refractivity contribution in [3.8, 4) is 0 Å². The zero-order valence-electron chi connectivity index (χ0n) is 6.17. The fourth-order valence-electron chi connectivity index (χ4n) is 0.490. The first-order chi connectivity index (χ1) is 4.48. The van der Waals surface area contributed by atoms with E-state index < -0.39 is 9.24 Å². The Morgan fingerprint density at radius 1 is 1.50 bits per heavy atom. The average molecular weight is 186 g/mol. The predicted octanol–water partition coefficient (Wildman–Crippen LogP) is 1.20. The van der Waals surface area contributed by atoms with Crippen LogP contribution in [0.4, 0.5) is 0 Å². The third kappa shape index (κ3) is 4.09. The Hall–Kier alpha value is 0.200. The van der Waals surface area contributed by atoms with E-state index in [0.717, 1.165) is 17.1 Å². The van der Waals surface area contributed by atoms with Gasteiger partial charge >= 0.3 is 0 Å². The molecule has 0 radical (unpaired) electrons. The highest BCUT2D eigenvalue weighted by molar-refractivity contribution is 8.11. The number of hydrogen-bond acceptors (Lipinski definition) is 2. The largest absolute Gasteiger partial charge is 0.299 e. The van der Waals surface area contributed by atoms with Crippen molar-refractivity contribution >= 4 is 19.9 Å². The number of unbranched alkanes of at least 4 members (excludes halogenated alkanes) is 1. The molecule has 3 nitrogen and oxygen atoms in total. The maximum absolute atomic E-state index is 10.5. The van der Waals surface area contributed by atoms with Crippen LogP contribution < -0.4 is 0 Å². The lowest BCUT2D eigenvalue weighted by Gasteiger charge is -2.09. The minimum absolute atomic E-state index is 0.502. The first-order valence-electron chi connectivity index (χ1n) is 3.14. The van der Waals surface area contributed by atoms with Crippen LogP contribution in [0.5, 0.6) is 0 Å². The molecule has 5 heteroatoms. The van der Waals surface area contributed by atoms with Gasteiger partial charge in [0.05, 0.1) is 0 Å². The number of nitrogens with zero attached hydrogens (tertiary/aromatic N) is 1. The smallest absolute Gasteiger partial charge is 0.195 e. The van der Waals surface area contributed by atoms with Crippen LogP contribution in [0.25, 0.3) is 0 Å². The summed E-state index contributed by atoms with van der Waals surface area (Å²) in [5, 5.41) is 0. The van der Waals surface area contributed by atoms with Crippen LogP contribution in [0, 0.1) is 0 Å². The lowest BCUT2D eigenvalue weighted by atomic mass is 10.3. The second kappa shape index (κ2) is 4.16. The number of hydrogen-bond donors (Lipinski definition) is 0. The Balaban J connectivity index is 3.75. The Kier molecular flexibility index (Phi) is 4.24. The summed E-state index contributed by atoms with van der Waals surface area (Å²) in [6.45, 7) is 2.50. The second-order valence-electron chi connectivity index (χ2n) is 2.12. The molecular weight excluding hydrogens is 174 g/mol. The molecule has 0 aliphatic heterocycles. The SMILES string of the molecule is CCCCN(C)S(=O)(=O)Cl. The lowest BCUT2D eigenvalue weighted by molar-refractivity contribution is 0.471. The normalized spacial score (nSPS) is 12.4. The minimum atomic E-state index is -3.47. The molecular formula is C5H12ClNO2S. The van der Waals surface area contributed by atoms with E-state index in [0.29, 0.717) is 6.54 Å². The summed E-state index contributed by atoms with van der Waals surface area (Å²) in [6.07, 6.45) is 1.82. The lowest BCUT2D eigenvalue weighted by Crippen LogP contribution is -2.23. The molecule has 0 aromatic rings. The van der Waals surface area contributed by atoms with Gasteiger partial charge in [0.25, 0.3) is 9.24 Å². The van der Waals surface area contributed by atoms with Gasteiger partial charge in [0.15, 0.2) is 0 Å². The van der Waals surface area contributed by atoms with Crippen LogP contribution in [-0.4, -0.2) is 26.3 Å². The summed E-state index contributed by atoms with van der Waals surface area (Å²) < 4.78 is 22.2. The van der Waals surface area contributed by atoms with Gasteiger partial charge in [-0.2, -0.15) is 12.7 Å². The third-order valence-corrected chi connectivity index (χ3v) is 2.83. The monoisotopic (exact) mass is 185 g/mol. The van der Waals surface area contributed by atoms with E-state index in [-0.39, 0.29) is 0 Å². The second-order valence-corrected chi connectivity index (χ2v) is 4.73. The van der Waals surface area contributed by atoms with Gasteiger partial charge in [-0.05, 0) is 6.42 Å². The first kappa shape index (κ1) is 10.2. The molecule has 0 heterocycles. The summed E-state index contributed by atoms with van der Waals surface area (Å²) in [4.78, 5) is 0. The van der Waals surface area contributed by atoms with Crippen molar-refractivity contribution in [1.29, 1.82) is 0 Å². The highest BCUT2D eigenvalue weighted by atomic mass is 35.7. The number of halogens is 1. The molecule has 0 fully saturated rings. The Bertz CT molecular complexity index is 178. The summed E-state index contributed by atoms with van der Waals surface area (Å²) in [7, 11) is 3.02. The van der Waals surface area contributed by atoms with Crippen LogP contribution in [0.2, 0.25) is 0 Å². The molecule has 0 N–H and O–H groups in total. The Labute approximate surface area is 66.5 Å². The molecule has 0 bridgehead atoms. The summed E-state index contributed by atoms with van der Waals surface area (Å²) >= 11 is 0. The summed E-state index contributed by atoms with van der Waals surface area (Å²) in [6, 6.07) is 0.